The number of carboxylic acid groups (broad SMARTS) is 1. The second-order valence-corrected chi connectivity index (χ2v) is 8.75. The highest BCUT2D eigenvalue weighted by Crippen LogP contribution is 2.36. The molecule has 16 heteroatoms. The van der Waals surface area contributed by atoms with Crippen LogP contribution < -0.4 is 16.6 Å². The fraction of sp³-hybridized carbons (Fsp3) is 0.400. The van der Waals surface area contributed by atoms with Crippen molar-refractivity contribution in [3.63, 3.8) is 0 Å². The molecule has 0 spiro atoms. The molecule has 0 unspecified atom stereocenters. The number of esters is 3. The zero-order valence-electron chi connectivity index (χ0n) is 22.0. The molecule has 0 radical (unpaired) electrons. The molecule has 220 valence electrons. The summed E-state index contributed by atoms with van der Waals surface area (Å²) in [6, 6.07) is 7.37. The van der Waals surface area contributed by atoms with Crippen molar-refractivity contribution in [3.05, 3.63) is 69.0 Å². The maximum Gasteiger partial charge on any atom is 0.408 e. The van der Waals surface area contributed by atoms with E-state index in [9.17, 15) is 38.7 Å². The quantitative estimate of drug-likeness (QED) is 0.242. The number of H-pyrrole nitrogens is 1. The third kappa shape index (κ3) is 8.01. The molecule has 0 bridgehead atoms. The number of nitrogens with one attached hydrogen (secondary N) is 2. The molecule has 1 aliphatic heterocycles. The Morgan fingerprint density at radius 2 is 1.61 bits per heavy atom. The second-order valence-electron chi connectivity index (χ2n) is 8.75. The van der Waals surface area contributed by atoms with E-state index in [2.05, 4.69) is 5.32 Å². The lowest BCUT2D eigenvalue weighted by atomic mass is 9.98. The molecule has 1 saturated heterocycles. The SMILES string of the molecule is CC(=O)O[C@@H]1[C@@H]([C@H](OC(C)=O)[C@@H](NC(=O)OCc2ccccc2)C(=O)O)O[C@H](n2ccc(=O)[nH]c2=O)[C@@H]1OC(C)=O. The minimum absolute atomic E-state index is 0.223. The van der Waals surface area contributed by atoms with Crippen LogP contribution in [0.15, 0.2) is 52.2 Å². The number of aromatic nitrogens is 2. The number of nitrogens with zero attached hydrogens (tertiary/aromatic N) is 1. The van der Waals surface area contributed by atoms with Gasteiger partial charge in [0.25, 0.3) is 5.56 Å². The van der Waals surface area contributed by atoms with E-state index in [4.69, 9.17) is 23.7 Å². The molecule has 0 saturated carbocycles. The molecular formula is C25H27N3O13. The molecule has 1 fully saturated rings. The van der Waals surface area contributed by atoms with E-state index in [1.54, 1.807) is 30.3 Å². The summed E-state index contributed by atoms with van der Waals surface area (Å²) in [5.74, 6) is -4.55. The molecule has 0 aliphatic carbocycles. The van der Waals surface area contributed by atoms with Crippen LogP contribution in [0.2, 0.25) is 0 Å². The summed E-state index contributed by atoms with van der Waals surface area (Å²) in [6.45, 7) is 2.73. The summed E-state index contributed by atoms with van der Waals surface area (Å²) in [7, 11) is 0. The van der Waals surface area contributed by atoms with Gasteiger partial charge in [-0.1, -0.05) is 30.3 Å². The van der Waals surface area contributed by atoms with E-state index in [1.807, 2.05) is 4.98 Å². The number of aliphatic carboxylic acids is 1. The fourth-order valence-electron chi connectivity index (χ4n) is 4.12. The Balaban J connectivity index is 2.01. The molecule has 3 N–H and O–H groups in total. The standard InChI is InChI=1S/C25H27N3O13/c1-12(29)38-18(17(23(33)34)27-25(36)37-11-15-7-5-4-6-8-15)19-20(39-13(2)30)21(40-14(3)31)22(41-19)28-10-9-16(32)26-24(28)35/h4-10,17-22H,11H2,1-3H3,(H,27,36)(H,33,34)(H,26,32,35)/t17-,18-,19-,20-,21-,22+/m1/s1. The largest absolute Gasteiger partial charge is 0.480 e. The number of alkyl carbamates (subject to hydrolysis) is 1. The van der Waals surface area contributed by atoms with Gasteiger partial charge in [-0.3, -0.25) is 28.7 Å². The number of carbonyl (C=O) groups is 5. The molecule has 1 aliphatic rings. The van der Waals surface area contributed by atoms with Crippen LogP contribution in [0.1, 0.15) is 32.6 Å². The Kier molecular flexibility index (Phi) is 9.97. The Labute approximate surface area is 231 Å². The summed E-state index contributed by atoms with van der Waals surface area (Å²) < 4.78 is 27.5. The van der Waals surface area contributed by atoms with Gasteiger partial charge in [0.1, 0.15) is 12.7 Å². The molecule has 1 aromatic heterocycles. The van der Waals surface area contributed by atoms with Gasteiger partial charge in [0, 0.05) is 33.0 Å². The second kappa shape index (κ2) is 13.4. The van der Waals surface area contributed by atoms with Crippen molar-refractivity contribution < 1.29 is 52.8 Å². The predicted octanol–water partition coefficient (Wildman–Crippen LogP) is -0.391. The molecular weight excluding hydrogens is 550 g/mol. The Morgan fingerprint density at radius 3 is 2.17 bits per heavy atom. The normalized spacial score (nSPS) is 21.1. The van der Waals surface area contributed by atoms with Crippen LogP contribution in [0.25, 0.3) is 0 Å². The number of hydrogen-bond donors (Lipinski definition) is 3. The number of carbonyl (C=O) groups excluding carboxylic acids is 4. The summed E-state index contributed by atoms with van der Waals surface area (Å²) in [5.41, 5.74) is -1.18. The van der Waals surface area contributed by atoms with E-state index >= 15 is 0 Å². The van der Waals surface area contributed by atoms with Crippen LogP contribution in [0.4, 0.5) is 4.79 Å². The van der Waals surface area contributed by atoms with Gasteiger partial charge in [-0.05, 0) is 5.56 Å². The average Bonchev–Trinajstić information content (AvgIpc) is 3.21. The van der Waals surface area contributed by atoms with Crippen molar-refractivity contribution in [1.82, 2.24) is 14.9 Å². The number of benzene rings is 1. The third-order valence-corrected chi connectivity index (χ3v) is 5.66. The first-order valence-corrected chi connectivity index (χ1v) is 12.1. The first kappa shape index (κ1) is 30.6. The van der Waals surface area contributed by atoms with E-state index in [0.29, 0.717) is 5.56 Å². The highest BCUT2D eigenvalue weighted by molar-refractivity contribution is 5.81. The van der Waals surface area contributed by atoms with Crippen LogP contribution in [0, 0.1) is 0 Å². The lowest BCUT2D eigenvalue weighted by Gasteiger charge is -2.31. The zero-order valence-corrected chi connectivity index (χ0v) is 22.0. The summed E-state index contributed by atoms with van der Waals surface area (Å²) in [5, 5.41) is 12.1. The van der Waals surface area contributed by atoms with Crippen molar-refractivity contribution in [3.8, 4) is 0 Å². The molecule has 6 atom stereocenters. The van der Waals surface area contributed by atoms with Crippen LogP contribution in [-0.4, -0.2) is 75.1 Å². The molecule has 41 heavy (non-hydrogen) atoms. The lowest BCUT2D eigenvalue weighted by molar-refractivity contribution is -0.175. The summed E-state index contributed by atoms with van der Waals surface area (Å²) in [4.78, 5) is 87.0. The highest BCUT2D eigenvalue weighted by Gasteiger charge is 2.57. The van der Waals surface area contributed by atoms with E-state index < -0.39 is 77.9 Å². The van der Waals surface area contributed by atoms with Crippen molar-refractivity contribution in [2.24, 2.45) is 0 Å². The van der Waals surface area contributed by atoms with Crippen LogP contribution in [-0.2, 0) is 49.5 Å². The lowest BCUT2D eigenvalue weighted by Crippen LogP contribution is -2.58. The van der Waals surface area contributed by atoms with Gasteiger partial charge in [-0.2, -0.15) is 0 Å². The number of aromatic amines is 1. The van der Waals surface area contributed by atoms with Gasteiger partial charge in [0.05, 0.1) is 0 Å². The smallest absolute Gasteiger partial charge is 0.408 e. The molecule has 1 aromatic carbocycles. The first-order chi connectivity index (χ1) is 19.4. The van der Waals surface area contributed by atoms with Crippen molar-refractivity contribution in [2.45, 2.75) is 64.1 Å². The Morgan fingerprint density at radius 1 is 0.976 bits per heavy atom. The van der Waals surface area contributed by atoms with Crippen molar-refractivity contribution in [2.75, 3.05) is 0 Å². The number of amides is 1. The minimum atomic E-state index is -2.05. The van der Waals surface area contributed by atoms with Crippen molar-refractivity contribution in [1.29, 1.82) is 0 Å². The van der Waals surface area contributed by atoms with Gasteiger partial charge >= 0.3 is 35.7 Å². The number of rotatable bonds is 10. The Hall–Kier alpha value is -4.99. The molecule has 2 heterocycles. The van der Waals surface area contributed by atoms with E-state index in [0.717, 1.165) is 37.6 Å². The van der Waals surface area contributed by atoms with Crippen LogP contribution >= 0.6 is 0 Å². The molecule has 3 rings (SSSR count). The van der Waals surface area contributed by atoms with Gasteiger partial charge in [0.15, 0.2) is 30.6 Å². The van der Waals surface area contributed by atoms with E-state index in [1.165, 1.54) is 0 Å². The third-order valence-electron chi connectivity index (χ3n) is 5.66. The maximum atomic E-state index is 12.6. The number of carboxylic acids is 1. The van der Waals surface area contributed by atoms with Gasteiger partial charge in [-0.25, -0.2) is 14.4 Å². The average molecular weight is 577 g/mol. The zero-order chi connectivity index (χ0) is 30.3. The molecule has 16 nitrogen and oxygen atoms in total. The van der Waals surface area contributed by atoms with Gasteiger partial charge in [0.2, 0.25) is 0 Å². The number of ether oxygens (including phenoxy) is 5. The monoisotopic (exact) mass is 577 g/mol. The molecule has 1 amide bonds. The van der Waals surface area contributed by atoms with Crippen molar-refractivity contribution >= 4 is 30.0 Å². The van der Waals surface area contributed by atoms with Gasteiger partial charge < -0.3 is 34.1 Å². The first-order valence-electron chi connectivity index (χ1n) is 12.1. The minimum Gasteiger partial charge on any atom is -0.480 e. The maximum absolute atomic E-state index is 12.6. The predicted molar refractivity (Wildman–Crippen MR) is 133 cm³/mol. The summed E-state index contributed by atoms with van der Waals surface area (Å²) in [6.07, 6.45) is -8.70. The van der Waals surface area contributed by atoms with E-state index in [-0.39, 0.29) is 6.61 Å². The van der Waals surface area contributed by atoms with Crippen LogP contribution in [0.3, 0.4) is 0 Å². The number of hydrogen-bond acceptors (Lipinski definition) is 12. The van der Waals surface area contributed by atoms with Gasteiger partial charge in [-0.15, -0.1) is 0 Å². The van der Waals surface area contributed by atoms with Crippen LogP contribution in [0.5, 0.6) is 0 Å². The summed E-state index contributed by atoms with van der Waals surface area (Å²) >= 11 is 0. The molecule has 2 aromatic rings. The highest BCUT2D eigenvalue weighted by atomic mass is 16.7. The topological polar surface area (TPSA) is 219 Å². The fourth-order valence-corrected chi connectivity index (χ4v) is 4.12. The Bertz CT molecular complexity index is 1400.